The number of carbonyl (C=O) groups is 3. The predicted octanol–water partition coefficient (Wildman–Crippen LogP) is 3.35. The van der Waals surface area contributed by atoms with E-state index in [1.807, 2.05) is 6.92 Å². The van der Waals surface area contributed by atoms with E-state index in [4.69, 9.17) is 5.11 Å². The van der Waals surface area contributed by atoms with Gasteiger partial charge in [-0.15, -0.1) is 0 Å². The minimum Gasteiger partial charge on any atom is -0.479 e. The highest BCUT2D eigenvalue weighted by Gasteiger charge is 2.22. The van der Waals surface area contributed by atoms with Crippen molar-refractivity contribution in [3.05, 3.63) is 65.2 Å². The SMILES string of the molecule is CC(=O)C(N=Nc1ccc(C)cc1C(=O)c1ccccc1)C(=O)O. The molecule has 2 aromatic carbocycles. The van der Waals surface area contributed by atoms with Crippen molar-refractivity contribution >= 4 is 23.2 Å². The number of rotatable bonds is 6. The summed E-state index contributed by atoms with van der Waals surface area (Å²) in [6.07, 6.45) is 0. The highest BCUT2D eigenvalue weighted by molar-refractivity contribution is 6.12. The number of carbonyl (C=O) groups excluding carboxylic acids is 2. The molecular weight excluding hydrogens is 308 g/mol. The van der Waals surface area contributed by atoms with Gasteiger partial charge < -0.3 is 5.11 Å². The molecule has 0 saturated heterocycles. The Bertz CT molecular complexity index is 799. The molecule has 6 heteroatoms. The Morgan fingerprint density at radius 2 is 1.71 bits per heavy atom. The predicted molar refractivity (Wildman–Crippen MR) is 87.7 cm³/mol. The number of benzene rings is 2. The number of azo groups is 1. The lowest BCUT2D eigenvalue weighted by molar-refractivity contribution is -0.141. The number of hydrogen-bond donors (Lipinski definition) is 1. The zero-order valence-electron chi connectivity index (χ0n) is 13.3. The van der Waals surface area contributed by atoms with E-state index in [1.54, 1.807) is 48.5 Å². The van der Waals surface area contributed by atoms with Crippen LogP contribution in [0.25, 0.3) is 0 Å². The van der Waals surface area contributed by atoms with Crippen molar-refractivity contribution in [2.45, 2.75) is 19.9 Å². The molecule has 0 saturated carbocycles. The molecule has 0 amide bonds. The maximum absolute atomic E-state index is 12.6. The number of carboxylic acid groups (broad SMARTS) is 1. The average Bonchev–Trinajstić information content (AvgIpc) is 2.55. The second kappa shape index (κ2) is 7.41. The normalized spacial score (nSPS) is 12.1. The number of ketones is 2. The molecule has 1 N–H and O–H groups in total. The molecule has 0 heterocycles. The van der Waals surface area contributed by atoms with Crippen LogP contribution in [-0.4, -0.2) is 28.7 Å². The molecule has 0 fully saturated rings. The Morgan fingerprint density at radius 1 is 1.04 bits per heavy atom. The van der Waals surface area contributed by atoms with E-state index in [9.17, 15) is 14.4 Å². The van der Waals surface area contributed by atoms with Gasteiger partial charge in [0.15, 0.2) is 11.6 Å². The highest BCUT2D eigenvalue weighted by atomic mass is 16.4. The Labute approximate surface area is 138 Å². The third-order valence-corrected chi connectivity index (χ3v) is 3.33. The van der Waals surface area contributed by atoms with Gasteiger partial charge in [0.25, 0.3) is 0 Å². The lowest BCUT2D eigenvalue weighted by Crippen LogP contribution is -2.25. The van der Waals surface area contributed by atoms with Crippen molar-refractivity contribution in [2.24, 2.45) is 10.2 Å². The molecule has 0 aliphatic rings. The first kappa shape index (κ1) is 17.2. The first-order valence-electron chi connectivity index (χ1n) is 7.24. The Hall–Kier alpha value is -3.15. The van der Waals surface area contributed by atoms with Crippen LogP contribution in [0, 0.1) is 6.92 Å². The average molecular weight is 324 g/mol. The van der Waals surface area contributed by atoms with Gasteiger partial charge in [0.05, 0.1) is 11.3 Å². The van der Waals surface area contributed by atoms with Gasteiger partial charge in [-0.25, -0.2) is 4.79 Å². The Balaban J connectivity index is 2.43. The molecule has 0 radical (unpaired) electrons. The van der Waals surface area contributed by atoms with E-state index in [0.29, 0.717) is 11.1 Å². The van der Waals surface area contributed by atoms with Crippen molar-refractivity contribution < 1.29 is 19.5 Å². The maximum Gasteiger partial charge on any atom is 0.338 e. The molecule has 2 aromatic rings. The first-order chi connectivity index (χ1) is 11.4. The number of Topliss-reactive ketones (excluding diaryl/α,β-unsaturated/α-hetero) is 1. The number of carboxylic acids is 1. The fraction of sp³-hybridized carbons (Fsp3) is 0.167. The smallest absolute Gasteiger partial charge is 0.338 e. The summed E-state index contributed by atoms with van der Waals surface area (Å²) < 4.78 is 0. The monoisotopic (exact) mass is 324 g/mol. The minimum atomic E-state index is -1.58. The molecule has 0 aliphatic heterocycles. The van der Waals surface area contributed by atoms with Gasteiger partial charge in [0.2, 0.25) is 6.04 Å². The molecule has 0 bridgehead atoms. The molecule has 122 valence electrons. The second-order valence-electron chi connectivity index (χ2n) is 5.28. The van der Waals surface area contributed by atoms with E-state index < -0.39 is 17.8 Å². The van der Waals surface area contributed by atoms with Crippen molar-refractivity contribution in [1.29, 1.82) is 0 Å². The highest BCUT2D eigenvalue weighted by Crippen LogP contribution is 2.24. The molecule has 0 aliphatic carbocycles. The van der Waals surface area contributed by atoms with Crippen LogP contribution in [0.5, 0.6) is 0 Å². The summed E-state index contributed by atoms with van der Waals surface area (Å²) in [5.74, 6) is -2.26. The minimum absolute atomic E-state index is 0.224. The molecule has 0 spiro atoms. The van der Waals surface area contributed by atoms with Crippen LogP contribution in [0.4, 0.5) is 5.69 Å². The van der Waals surface area contributed by atoms with Gasteiger partial charge in [0, 0.05) is 5.56 Å². The standard InChI is InChI=1S/C18H16N2O4/c1-11-8-9-15(19-20-16(12(2)21)18(23)24)14(10-11)17(22)13-6-4-3-5-7-13/h3-10,16H,1-2H3,(H,23,24). The summed E-state index contributed by atoms with van der Waals surface area (Å²) in [6, 6.07) is 12.1. The summed E-state index contributed by atoms with van der Waals surface area (Å²) in [6.45, 7) is 2.96. The summed E-state index contributed by atoms with van der Waals surface area (Å²) in [7, 11) is 0. The molecule has 1 unspecified atom stereocenters. The van der Waals surface area contributed by atoms with Crippen LogP contribution >= 0.6 is 0 Å². The van der Waals surface area contributed by atoms with Crippen LogP contribution < -0.4 is 0 Å². The van der Waals surface area contributed by atoms with Crippen LogP contribution in [0.2, 0.25) is 0 Å². The van der Waals surface area contributed by atoms with Crippen molar-refractivity contribution in [2.75, 3.05) is 0 Å². The van der Waals surface area contributed by atoms with E-state index in [0.717, 1.165) is 12.5 Å². The van der Waals surface area contributed by atoms with Gasteiger partial charge in [0.1, 0.15) is 0 Å². The molecular formula is C18H16N2O4. The van der Waals surface area contributed by atoms with Gasteiger partial charge in [-0.1, -0.05) is 42.0 Å². The van der Waals surface area contributed by atoms with Crippen LogP contribution in [-0.2, 0) is 9.59 Å². The number of aliphatic carboxylic acids is 1. The first-order valence-corrected chi connectivity index (χ1v) is 7.24. The van der Waals surface area contributed by atoms with E-state index in [2.05, 4.69) is 10.2 Å². The van der Waals surface area contributed by atoms with Gasteiger partial charge >= 0.3 is 5.97 Å². The molecule has 2 rings (SSSR count). The number of aryl methyl sites for hydroxylation is 1. The van der Waals surface area contributed by atoms with Crippen LogP contribution in [0.3, 0.4) is 0 Å². The Kier molecular flexibility index (Phi) is 5.31. The molecule has 0 aromatic heterocycles. The fourth-order valence-electron chi connectivity index (χ4n) is 2.09. The van der Waals surface area contributed by atoms with E-state index in [1.165, 1.54) is 0 Å². The zero-order chi connectivity index (χ0) is 17.7. The van der Waals surface area contributed by atoms with Crippen molar-refractivity contribution in [3.63, 3.8) is 0 Å². The maximum atomic E-state index is 12.6. The second-order valence-corrected chi connectivity index (χ2v) is 5.28. The summed E-state index contributed by atoms with van der Waals surface area (Å²) >= 11 is 0. The van der Waals surface area contributed by atoms with Crippen LogP contribution in [0.1, 0.15) is 28.4 Å². The van der Waals surface area contributed by atoms with Gasteiger partial charge in [-0.05, 0) is 26.0 Å². The van der Waals surface area contributed by atoms with Gasteiger partial charge in [-0.3, -0.25) is 9.59 Å². The Morgan fingerprint density at radius 3 is 2.29 bits per heavy atom. The van der Waals surface area contributed by atoms with Crippen molar-refractivity contribution in [1.82, 2.24) is 0 Å². The fourth-order valence-corrected chi connectivity index (χ4v) is 2.09. The number of hydrogen-bond acceptors (Lipinski definition) is 5. The third-order valence-electron chi connectivity index (χ3n) is 3.33. The lowest BCUT2D eigenvalue weighted by atomic mass is 10.00. The van der Waals surface area contributed by atoms with Crippen LogP contribution in [0.15, 0.2) is 58.8 Å². The summed E-state index contributed by atoms with van der Waals surface area (Å²) in [5, 5.41) is 16.4. The van der Waals surface area contributed by atoms with E-state index in [-0.39, 0.29) is 11.5 Å². The summed E-state index contributed by atoms with van der Waals surface area (Å²) in [5.41, 5.74) is 1.87. The third kappa shape index (κ3) is 3.98. The van der Waals surface area contributed by atoms with E-state index >= 15 is 0 Å². The zero-order valence-corrected chi connectivity index (χ0v) is 13.3. The molecule has 24 heavy (non-hydrogen) atoms. The topological polar surface area (TPSA) is 96.2 Å². The van der Waals surface area contributed by atoms with Crippen molar-refractivity contribution in [3.8, 4) is 0 Å². The number of nitrogens with zero attached hydrogens (tertiary/aromatic N) is 2. The molecule has 6 nitrogen and oxygen atoms in total. The summed E-state index contributed by atoms with van der Waals surface area (Å²) in [4.78, 5) is 35.0. The molecule has 1 atom stereocenters. The van der Waals surface area contributed by atoms with Gasteiger partial charge in [-0.2, -0.15) is 10.2 Å². The largest absolute Gasteiger partial charge is 0.479 e. The quantitative estimate of drug-likeness (QED) is 0.500. The lowest BCUT2D eigenvalue weighted by Gasteiger charge is -2.07.